The summed E-state index contributed by atoms with van der Waals surface area (Å²) in [5.41, 5.74) is 4.58. The Morgan fingerprint density at radius 1 is 0.938 bits per heavy atom. The van der Waals surface area contributed by atoms with Crippen molar-refractivity contribution >= 4 is 11.6 Å². The molecule has 3 aromatic carbocycles. The molecule has 1 aliphatic heterocycles. The number of methoxy groups -OCH3 is 1. The lowest BCUT2D eigenvalue weighted by atomic mass is 9.79. The third kappa shape index (κ3) is 3.81. The Morgan fingerprint density at radius 2 is 1.69 bits per heavy atom. The molecule has 3 aromatic rings. The molecule has 0 aromatic heterocycles. The number of rotatable bonds is 7. The second-order valence-corrected chi connectivity index (χ2v) is 9.33. The molecular formula is C29H31NO2. The summed E-state index contributed by atoms with van der Waals surface area (Å²) in [5.74, 6) is 1.83. The van der Waals surface area contributed by atoms with E-state index in [4.69, 9.17) is 4.74 Å². The van der Waals surface area contributed by atoms with E-state index < -0.39 is 0 Å². The topological polar surface area (TPSA) is 29.5 Å². The van der Waals surface area contributed by atoms with Crippen LogP contribution in [0.15, 0.2) is 78.9 Å². The third-order valence-corrected chi connectivity index (χ3v) is 7.40. The third-order valence-electron chi connectivity index (χ3n) is 7.40. The zero-order chi connectivity index (χ0) is 22.0. The molecule has 2 atom stereocenters. The highest BCUT2D eigenvalue weighted by atomic mass is 16.5. The first-order valence-electron chi connectivity index (χ1n) is 11.8. The van der Waals surface area contributed by atoms with Gasteiger partial charge < -0.3 is 9.64 Å². The van der Waals surface area contributed by atoms with E-state index in [1.54, 1.807) is 7.11 Å². The molecule has 3 heteroatoms. The molecule has 1 aliphatic carbocycles. The number of carbonyl (C=O) groups excluding carboxylic acids is 1. The molecule has 1 fully saturated rings. The van der Waals surface area contributed by atoms with E-state index in [-0.39, 0.29) is 5.41 Å². The molecule has 1 amide bonds. The number of nitrogens with zero attached hydrogens (tertiary/aromatic N) is 1. The van der Waals surface area contributed by atoms with Gasteiger partial charge in [-0.2, -0.15) is 0 Å². The highest BCUT2D eigenvalue weighted by Crippen LogP contribution is 2.54. The van der Waals surface area contributed by atoms with Crippen LogP contribution in [0.2, 0.25) is 0 Å². The van der Waals surface area contributed by atoms with E-state index in [1.165, 1.54) is 23.1 Å². The number of ether oxygens (including phenoxy) is 1. The van der Waals surface area contributed by atoms with Crippen LogP contribution in [0.1, 0.15) is 48.8 Å². The molecule has 5 rings (SSSR count). The Bertz CT molecular complexity index is 1080. The van der Waals surface area contributed by atoms with Crippen molar-refractivity contribution in [2.24, 2.45) is 5.92 Å². The van der Waals surface area contributed by atoms with Gasteiger partial charge in [-0.25, -0.2) is 0 Å². The summed E-state index contributed by atoms with van der Waals surface area (Å²) in [7, 11) is 1.70. The van der Waals surface area contributed by atoms with Crippen molar-refractivity contribution in [3.05, 3.63) is 95.6 Å². The standard InChI is InChI=1S/C29H31NO2/c1-32-25-16-14-22(15-17-25)10-7-11-23-18-19-29(20-23)26-12-5-6-13-27(26)30(28(29)31)21-24-8-3-2-4-9-24/h2-6,8-9,12-17,23H,7,10-11,18-21H2,1H3/t23-,29+/m0/s1. The number of carbonyl (C=O) groups is 1. The summed E-state index contributed by atoms with van der Waals surface area (Å²) >= 11 is 0. The number of hydrogen-bond acceptors (Lipinski definition) is 2. The Hall–Kier alpha value is -3.07. The molecule has 0 N–H and O–H groups in total. The van der Waals surface area contributed by atoms with E-state index in [0.29, 0.717) is 18.4 Å². The summed E-state index contributed by atoms with van der Waals surface area (Å²) in [4.78, 5) is 15.8. The summed E-state index contributed by atoms with van der Waals surface area (Å²) < 4.78 is 5.26. The Balaban J connectivity index is 1.27. The number of hydrogen-bond donors (Lipinski definition) is 0. The van der Waals surface area contributed by atoms with Gasteiger partial charge in [0.1, 0.15) is 5.75 Å². The van der Waals surface area contributed by atoms with Crippen LogP contribution < -0.4 is 9.64 Å². The molecule has 3 nitrogen and oxygen atoms in total. The zero-order valence-electron chi connectivity index (χ0n) is 18.8. The maximum absolute atomic E-state index is 13.8. The first-order chi connectivity index (χ1) is 15.7. The second-order valence-electron chi connectivity index (χ2n) is 9.33. The maximum Gasteiger partial charge on any atom is 0.238 e. The zero-order valence-corrected chi connectivity index (χ0v) is 18.8. The lowest BCUT2D eigenvalue weighted by Gasteiger charge is -2.24. The highest BCUT2D eigenvalue weighted by molar-refractivity contribution is 6.08. The molecule has 32 heavy (non-hydrogen) atoms. The average molecular weight is 426 g/mol. The highest BCUT2D eigenvalue weighted by Gasteiger charge is 2.54. The van der Waals surface area contributed by atoms with Gasteiger partial charge in [-0.1, -0.05) is 67.1 Å². The van der Waals surface area contributed by atoms with Crippen molar-refractivity contribution in [1.82, 2.24) is 0 Å². The monoisotopic (exact) mass is 425 g/mol. The SMILES string of the molecule is COc1ccc(CCC[C@H]2CC[C@]3(C2)C(=O)N(Cc2ccccc2)c2ccccc23)cc1. The van der Waals surface area contributed by atoms with Crippen molar-refractivity contribution in [1.29, 1.82) is 0 Å². The van der Waals surface area contributed by atoms with E-state index in [9.17, 15) is 4.79 Å². The molecule has 164 valence electrons. The van der Waals surface area contributed by atoms with Crippen molar-refractivity contribution in [2.45, 2.75) is 50.5 Å². The Kier molecular flexibility index (Phi) is 5.73. The predicted octanol–water partition coefficient (Wildman–Crippen LogP) is 6.30. The molecule has 0 bridgehead atoms. The molecule has 1 heterocycles. The van der Waals surface area contributed by atoms with E-state index in [2.05, 4.69) is 48.5 Å². The number of para-hydroxylation sites is 1. The predicted molar refractivity (Wildman–Crippen MR) is 129 cm³/mol. The fourth-order valence-corrected chi connectivity index (χ4v) is 5.74. The van der Waals surface area contributed by atoms with Crippen LogP contribution in [0.3, 0.4) is 0 Å². The van der Waals surface area contributed by atoms with Gasteiger partial charge >= 0.3 is 0 Å². The van der Waals surface area contributed by atoms with Gasteiger partial charge in [0.05, 0.1) is 19.1 Å². The fourth-order valence-electron chi connectivity index (χ4n) is 5.74. The number of anilines is 1. The minimum atomic E-state index is -0.323. The fraction of sp³-hybridized carbons (Fsp3) is 0.345. The molecule has 1 saturated carbocycles. The second kappa shape index (κ2) is 8.82. The van der Waals surface area contributed by atoms with Crippen LogP contribution in [0, 0.1) is 5.92 Å². The van der Waals surface area contributed by atoms with Gasteiger partial charge in [-0.15, -0.1) is 0 Å². The van der Waals surface area contributed by atoms with Crippen molar-refractivity contribution < 1.29 is 9.53 Å². The quantitative estimate of drug-likeness (QED) is 0.444. The van der Waals surface area contributed by atoms with Crippen LogP contribution in [0.4, 0.5) is 5.69 Å². The summed E-state index contributed by atoms with van der Waals surface area (Å²) in [6.07, 6.45) is 6.52. The minimum Gasteiger partial charge on any atom is -0.497 e. The molecule has 2 aliphatic rings. The molecule has 0 unspecified atom stereocenters. The van der Waals surface area contributed by atoms with Crippen molar-refractivity contribution in [3.63, 3.8) is 0 Å². The smallest absolute Gasteiger partial charge is 0.238 e. The van der Waals surface area contributed by atoms with Gasteiger partial charge in [0.25, 0.3) is 0 Å². The minimum absolute atomic E-state index is 0.306. The molecule has 1 spiro atoms. The van der Waals surface area contributed by atoms with Crippen molar-refractivity contribution in [2.75, 3.05) is 12.0 Å². The lowest BCUT2D eigenvalue weighted by molar-refractivity contribution is -0.123. The number of amides is 1. The number of benzene rings is 3. The first kappa shape index (κ1) is 20.8. The molecular weight excluding hydrogens is 394 g/mol. The van der Waals surface area contributed by atoms with Gasteiger partial charge in [0.15, 0.2) is 0 Å². The van der Waals surface area contributed by atoms with Gasteiger partial charge in [-0.3, -0.25) is 4.79 Å². The Labute approximate surface area is 191 Å². The van der Waals surface area contributed by atoms with E-state index in [0.717, 1.165) is 43.5 Å². The van der Waals surface area contributed by atoms with Crippen LogP contribution >= 0.6 is 0 Å². The number of fused-ring (bicyclic) bond motifs is 2. The normalized spacial score (nSPS) is 21.8. The lowest BCUT2D eigenvalue weighted by Crippen LogP contribution is -2.38. The van der Waals surface area contributed by atoms with Gasteiger partial charge in [0, 0.05) is 5.69 Å². The van der Waals surface area contributed by atoms with Crippen LogP contribution in [-0.2, 0) is 23.2 Å². The van der Waals surface area contributed by atoms with Crippen LogP contribution in [0.5, 0.6) is 5.75 Å². The average Bonchev–Trinajstić information content (AvgIpc) is 3.37. The molecule has 0 saturated heterocycles. The molecule has 0 radical (unpaired) electrons. The van der Waals surface area contributed by atoms with E-state index >= 15 is 0 Å². The van der Waals surface area contributed by atoms with Crippen molar-refractivity contribution in [3.8, 4) is 5.75 Å². The van der Waals surface area contributed by atoms with Gasteiger partial charge in [-0.05, 0) is 72.9 Å². The summed E-state index contributed by atoms with van der Waals surface area (Å²) in [6, 6.07) is 27.2. The van der Waals surface area contributed by atoms with Crippen LogP contribution in [-0.4, -0.2) is 13.0 Å². The Morgan fingerprint density at radius 3 is 2.47 bits per heavy atom. The number of aryl methyl sites for hydroxylation is 1. The summed E-state index contributed by atoms with van der Waals surface area (Å²) in [5, 5.41) is 0. The van der Waals surface area contributed by atoms with Gasteiger partial charge in [0.2, 0.25) is 5.91 Å². The maximum atomic E-state index is 13.8. The largest absolute Gasteiger partial charge is 0.497 e. The van der Waals surface area contributed by atoms with Crippen LogP contribution in [0.25, 0.3) is 0 Å². The first-order valence-corrected chi connectivity index (χ1v) is 11.8. The summed E-state index contributed by atoms with van der Waals surface area (Å²) in [6.45, 7) is 0.653. The van der Waals surface area contributed by atoms with E-state index in [1.807, 2.05) is 35.2 Å².